The highest BCUT2D eigenvalue weighted by Crippen LogP contribution is 2.34. The Morgan fingerprint density at radius 2 is 2.11 bits per heavy atom. The Kier molecular flexibility index (Phi) is 6.35. The van der Waals surface area contributed by atoms with Crippen molar-refractivity contribution in [2.45, 2.75) is 25.3 Å². The second kappa shape index (κ2) is 8.74. The number of rotatable bonds is 5. The summed E-state index contributed by atoms with van der Waals surface area (Å²) in [6, 6.07) is 6.43. The standard InChI is InChI=1S/C19H20N2O5S2/c1-26-14-8-3-2-6-12(14)10-15-17(23)21(19(27)28-15)11-16(22)20-9-5-4-7-13(20)18(24)25/h2-3,6,8,10,13H,4-5,7,9,11H2,1H3,(H,24,25). The van der Waals surface area contributed by atoms with Gasteiger partial charge in [0.1, 0.15) is 22.7 Å². The molecule has 148 valence electrons. The van der Waals surface area contributed by atoms with Crippen LogP contribution >= 0.6 is 24.0 Å². The Balaban J connectivity index is 1.76. The van der Waals surface area contributed by atoms with Crippen LogP contribution in [0.5, 0.6) is 5.75 Å². The lowest BCUT2D eigenvalue weighted by Crippen LogP contribution is -2.51. The number of piperidine rings is 1. The molecular weight excluding hydrogens is 400 g/mol. The number of para-hydroxylation sites is 1. The molecular formula is C19H20N2O5S2. The number of thioether (sulfide) groups is 1. The van der Waals surface area contributed by atoms with Crippen LogP contribution in [0.15, 0.2) is 29.2 Å². The van der Waals surface area contributed by atoms with Gasteiger partial charge in [0, 0.05) is 12.1 Å². The molecule has 0 bridgehead atoms. The maximum Gasteiger partial charge on any atom is 0.326 e. The Labute approximate surface area is 172 Å². The minimum atomic E-state index is -1.02. The van der Waals surface area contributed by atoms with E-state index in [0.717, 1.165) is 30.2 Å². The van der Waals surface area contributed by atoms with Crippen molar-refractivity contribution >= 4 is 52.2 Å². The van der Waals surface area contributed by atoms with Crippen LogP contribution in [0.4, 0.5) is 0 Å². The second-order valence-electron chi connectivity index (χ2n) is 6.45. The molecule has 7 nitrogen and oxygen atoms in total. The third kappa shape index (κ3) is 4.20. The lowest BCUT2D eigenvalue weighted by atomic mass is 10.0. The number of likely N-dealkylation sites (tertiary alicyclic amines) is 1. The molecule has 0 spiro atoms. The Hall–Kier alpha value is -2.39. The number of thiocarbonyl (C=S) groups is 1. The molecule has 2 heterocycles. The van der Waals surface area contributed by atoms with Crippen LogP contribution in [-0.4, -0.2) is 63.3 Å². The highest BCUT2D eigenvalue weighted by molar-refractivity contribution is 8.26. The van der Waals surface area contributed by atoms with E-state index in [1.807, 2.05) is 18.2 Å². The first-order chi connectivity index (χ1) is 13.4. The molecule has 1 aromatic carbocycles. The molecule has 1 aromatic rings. The highest BCUT2D eigenvalue weighted by Gasteiger charge is 2.37. The fourth-order valence-electron chi connectivity index (χ4n) is 3.28. The van der Waals surface area contributed by atoms with Gasteiger partial charge in [-0.15, -0.1) is 0 Å². The van der Waals surface area contributed by atoms with Crippen LogP contribution in [-0.2, 0) is 14.4 Å². The molecule has 0 aliphatic carbocycles. The van der Waals surface area contributed by atoms with Crippen LogP contribution in [0.2, 0.25) is 0 Å². The van der Waals surface area contributed by atoms with E-state index in [-0.39, 0.29) is 16.8 Å². The van der Waals surface area contributed by atoms with Gasteiger partial charge in [0.05, 0.1) is 12.0 Å². The van der Waals surface area contributed by atoms with Crippen LogP contribution < -0.4 is 4.74 Å². The van der Waals surface area contributed by atoms with Gasteiger partial charge in [0.2, 0.25) is 5.91 Å². The first-order valence-electron chi connectivity index (χ1n) is 8.83. The smallest absolute Gasteiger partial charge is 0.326 e. The summed E-state index contributed by atoms with van der Waals surface area (Å²) in [7, 11) is 1.55. The molecule has 2 saturated heterocycles. The maximum absolute atomic E-state index is 12.8. The summed E-state index contributed by atoms with van der Waals surface area (Å²) >= 11 is 6.40. The Morgan fingerprint density at radius 3 is 2.82 bits per heavy atom. The molecule has 2 aliphatic rings. The fraction of sp³-hybridized carbons (Fsp3) is 0.368. The van der Waals surface area contributed by atoms with Gasteiger partial charge >= 0.3 is 5.97 Å². The predicted octanol–water partition coefficient (Wildman–Crippen LogP) is 2.36. The fourth-order valence-corrected chi connectivity index (χ4v) is 4.52. The lowest BCUT2D eigenvalue weighted by molar-refractivity contribution is -0.152. The molecule has 2 amide bonds. The number of carboxylic acids is 1. The SMILES string of the molecule is COc1ccccc1C=C1SC(=S)N(CC(=O)N2CCCCC2C(=O)O)C1=O. The summed E-state index contributed by atoms with van der Waals surface area (Å²) in [6.07, 6.45) is 3.63. The van der Waals surface area contributed by atoms with E-state index in [2.05, 4.69) is 0 Å². The van der Waals surface area contributed by atoms with Gasteiger partial charge in [-0.25, -0.2) is 4.79 Å². The van der Waals surface area contributed by atoms with Crippen molar-refractivity contribution < 1.29 is 24.2 Å². The number of carbonyl (C=O) groups is 3. The number of hydrogen-bond donors (Lipinski definition) is 1. The van der Waals surface area contributed by atoms with E-state index in [4.69, 9.17) is 17.0 Å². The molecule has 0 saturated carbocycles. The molecule has 0 radical (unpaired) electrons. The number of aliphatic carboxylic acids is 1. The van der Waals surface area contributed by atoms with Gasteiger partial charge in [-0.05, 0) is 31.4 Å². The molecule has 3 rings (SSSR count). The average molecular weight is 421 g/mol. The van der Waals surface area contributed by atoms with Crippen LogP contribution in [0.25, 0.3) is 6.08 Å². The van der Waals surface area contributed by atoms with E-state index >= 15 is 0 Å². The van der Waals surface area contributed by atoms with Crippen molar-refractivity contribution in [1.29, 1.82) is 0 Å². The maximum atomic E-state index is 12.8. The largest absolute Gasteiger partial charge is 0.496 e. The summed E-state index contributed by atoms with van der Waals surface area (Å²) in [5.41, 5.74) is 0.735. The summed E-state index contributed by atoms with van der Waals surface area (Å²) in [5, 5.41) is 9.35. The lowest BCUT2D eigenvalue weighted by Gasteiger charge is -2.33. The third-order valence-electron chi connectivity index (χ3n) is 4.70. The van der Waals surface area contributed by atoms with Crippen molar-refractivity contribution in [2.24, 2.45) is 0 Å². The second-order valence-corrected chi connectivity index (χ2v) is 8.12. The molecule has 28 heavy (non-hydrogen) atoms. The monoisotopic (exact) mass is 420 g/mol. The zero-order chi connectivity index (χ0) is 20.3. The average Bonchev–Trinajstić information content (AvgIpc) is 2.95. The van der Waals surface area contributed by atoms with E-state index in [1.165, 1.54) is 9.80 Å². The highest BCUT2D eigenvalue weighted by atomic mass is 32.2. The quantitative estimate of drug-likeness (QED) is 0.578. The van der Waals surface area contributed by atoms with Crippen LogP contribution in [0, 0.1) is 0 Å². The number of carbonyl (C=O) groups excluding carboxylic acids is 2. The van der Waals surface area contributed by atoms with Gasteiger partial charge in [-0.2, -0.15) is 0 Å². The summed E-state index contributed by atoms with van der Waals surface area (Å²) in [4.78, 5) is 39.9. The number of carboxylic acid groups (broad SMARTS) is 1. The zero-order valence-electron chi connectivity index (χ0n) is 15.3. The summed E-state index contributed by atoms with van der Waals surface area (Å²) in [6.45, 7) is 0.124. The van der Waals surface area contributed by atoms with E-state index in [0.29, 0.717) is 23.6 Å². The van der Waals surface area contributed by atoms with Crippen molar-refractivity contribution in [3.63, 3.8) is 0 Å². The van der Waals surface area contributed by atoms with Crippen molar-refractivity contribution in [1.82, 2.24) is 9.80 Å². The van der Waals surface area contributed by atoms with Crippen molar-refractivity contribution in [3.05, 3.63) is 34.7 Å². The minimum absolute atomic E-state index is 0.252. The first-order valence-corrected chi connectivity index (χ1v) is 10.1. The molecule has 1 N–H and O–H groups in total. The molecule has 9 heteroatoms. The topological polar surface area (TPSA) is 87.2 Å². The van der Waals surface area contributed by atoms with E-state index in [9.17, 15) is 19.5 Å². The van der Waals surface area contributed by atoms with Gasteiger partial charge in [-0.3, -0.25) is 14.5 Å². The van der Waals surface area contributed by atoms with Gasteiger partial charge < -0.3 is 14.7 Å². The first kappa shape index (κ1) is 20.3. The Bertz CT molecular complexity index is 854. The number of nitrogens with zero attached hydrogens (tertiary/aromatic N) is 2. The number of ether oxygens (including phenoxy) is 1. The molecule has 1 atom stereocenters. The van der Waals surface area contributed by atoms with E-state index in [1.54, 1.807) is 19.3 Å². The zero-order valence-corrected chi connectivity index (χ0v) is 16.9. The minimum Gasteiger partial charge on any atom is -0.496 e. The van der Waals surface area contributed by atoms with Gasteiger partial charge in [0.15, 0.2) is 0 Å². The Morgan fingerprint density at radius 1 is 1.36 bits per heavy atom. The summed E-state index contributed by atoms with van der Waals surface area (Å²) in [5.74, 6) is -1.16. The molecule has 2 fully saturated rings. The van der Waals surface area contributed by atoms with Gasteiger partial charge in [-0.1, -0.05) is 42.2 Å². The van der Waals surface area contributed by atoms with Gasteiger partial charge in [0.25, 0.3) is 5.91 Å². The van der Waals surface area contributed by atoms with Crippen molar-refractivity contribution in [2.75, 3.05) is 20.2 Å². The number of benzene rings is 1. The predicted molar refractivity (Wildman–Crippen MR) is 110 cm³/mol. The number of methoxy groups -OCH3 is 1. The third-order valence-corrected chi connectivity index (χ3v) is 6.08. The number of amides is 2. The van der Waals surface area contributed by atoms with E-state index < -0.39 is 17.9 Å². The molecule has 2 aliphatic heterocycles. The molecule has 1 unspecified atom stereocenters. The van der Waals surface area contributed by atoms with Crippen LogP contribution in [0.3, 0.4) is 0 Å². The number of hydrogen-bond acceptors (Lipinski definition) is 6. The van der Waals surface area contributed by atoms with Crippen LogP contribution in [0.1, 0.15) is 24.8 Å². The molecule has 0 aromatic heterocycles. The van der Waals surface area contributed by atoms with Crippen molar-refractivity contribution in [3.8, 4) is 5.75 Å². The normalized spacial score (nSPS) is 21.3. The summed E-state index contributed by atoms with van der Waals surface area (Å²) < 4.78 is 5.58.